The summed E-state index contributed by atoms with van der Waals surface area (Å²) < 4.78 is 0. The predicted molar refractivity (Wildman–Crippen MR) is 113 cm³/mol. The molecule has 150 valence electrons. The molecule has 1 unspecified atom stereocenters. The van der Waals surface area contributed by atoms with Gasteiger partial charge in [-0.25, -0.2) is 0 Å². The molecule has 1 aliphatic rings. The van der Waals surface area contributed by atoms with Crippen LogP contribution in [0.1, 0.15) is 24.3 Å². The number of piperazine rings is 1. The van der Waals surface area contributed by atoms with Gasteiger partial charge in [0.1, 0.15) is 6.04 Å². The fourth-order valence-corrected chi connectivity index (χ4v) is 4.21. The van der Waals surface area contributed by atoms with Crippen molar-refractivity contribution in [2.75, 3.05) is 26.2 Å². The standard InChI is InChI=1S/C22H29N3O2S/c1-17(2)21(23-20(26)15-18-7-4-3-5-8-18)22(27)25-12-10-24(11-13-25)16-19-9-6-14-28-19/h3-9,14,17,21H,10-13,15-16H2,1-2H3,(H,23,26). The molecule has 6 heteroatoms. The molecule has 0 spiro atoms. The number of nitrogens with zero attached hydrogens (tertiary/aromatic N) is 2. The molecule has 5 nitrogen and oxygen atoms in total. The van der Waals surface area contributed by atoms with Crippen LogP contribution in [0, 0.1) is 5.92 Å². The quantitative estimate of drug-likeness (QED) is 0.779. The SMILES string of the molecule is CC(C)C(NC(=O)Cc1ccccc1)C(=O)N1CCN(Cc2cccs2)CC1. The van der Waals surface area contributed by atoms with Crippen molar-refractivity contribution >= 4 is 23.2 Å². The van der Waals surface area contributed by atoms with Crippen LogP contribution in [0.3, 0.4) is 0 Å². The molecule has 0 aliphatic carbocycles. The fourth-order valence-electron chi connectivity index (χ4n) is 3.47. The van der Waals surface area contributed by atoms with Crippen LogP contribution in [0.4, 0.5) is 0 Å². The number of carbonyl (C=O) groups is 2. The van der Waals surface area contributed by atoms with Gasteiger partial charge >= 0.3 is 0 Å². The summed E-state index contributed by atoms with van der Waals surface area (Å²) in [6, 6.07) is 13.4. The first kappa shape index (κ1) is 20.6. The van der Waals surface area contributed by atoms with Crippen molar-refractivity contribution in [2.45, 2.75) is 32.9 Å². The Morgan fingerprint density at radius 1 is 1.04 bits per heavy atom. The largest absolute Gasteiger partial charge is 0.344 e. The third-order valence-electron chi connectivity index (χ3n) is 5.10. The van der Waals surface area contributed by atoms with Crippen molar-refractivity contribution in [1.29, 1.82) is 0 Å². The lowest BCUT2D eigenvalue weighted by molar-refractivity contribution is -0.139. The van der Waals surface area contributed by atoms with Crippen LogP contribution in [0.2, 0.25) is 0 Å². The Bertz CT molecular complexity index is 753. The molecule has 2 aromatic rings. The number of amides is 2. The molecule has 1 N–H and O–H groups in total. The Morgan fingerprint density at radius 3 is 2.36 bits per heavy atom. The Labute approximate surface area is 171 Å². The number of hydrogen-bond acceptors (Lipinski definition) is 4. The maximum absolute atomic E-state index is 13.0. The summed E-state index contributed by atoms with van der Waals surface area (Å²) in [4.78, 5) is 31.1. The van der Waals surface area contributed by atoms with E-state index < -0.39 is 6.04 Å². The van der Waals surface area contributed by atoms with Gasteiger partial charge in [0.25, 0.3) is 0 Å². The van der Waals surface area contributed by atoms with Gasteiger partial charge in [0.15, 0.2) is 0 Å². The highest BCUT2D eigenvalue weighted by atomic mass is 32.1. The van der Waals surface area contributed by atoms with E-state index in [-0.39, 0.29) is 17.7 Å². The molecular formula is C22H29N3O2S. The molecular weight excluding hydrogens is 370 g/mol. The van der Waals surface area contributed by atoms with E-state index >= 15 is 0 Å². The molecule has 1 aliphatic heterocycles. The molecule has 2 amide bonds. The summed E-state index contributed by atoms with van der Waals surface area (Å²) >= 11 is 1.77. The Kier molecular flexibility index (Phi) is 7.23. The third kappa shape index (κ3) is 5.66. The Balaban J connectivity index is 1.52. The van der Waals surface area contributed by atoms with E-state index in [4.69, 9.17) is 0 Å². The number of benzene rings is 1. The zero-order chi connectivity index (χ0) is 19.9. The molecule has 0 bridgehead atoms. The molecule has 1 fully saturated rings. The average molecular weight is 400 g/mol. The van der Waals surface area contributed by atoms with Gasteiger partial charge in [-0.3, -0.25) is 14.5 Å². The van der Waals surface area contributed by atoms with Crippen molar-refractivity contribution in [2.24, 2.45) is 5.92 Å². The molecule has 1 atom stereocenters. The molecule has 0 saturated carbocycles. The zero-order valence-electron chi connectivity index (χ0n) is 16.6. The lowest BCUT2D eigenvalue weighted by Crippen LogP contribution is -2.56. The first-order valence-corrected chi connectivity index (χ1v) is 10.8. The van der Waals surface area contributed by atoms with E-state index in [9.17, 15) is 9.59 Å². The van der Waals surface area contributed by atoms with E-state index in [2.05, 4.69) is 27.7 Å². The van der Waals surface area contributed by atoms with Crippen LogP contribution in [-0.4, -0.2) is 53.8 Å². The van der Waals surface area contributed by atoms with Crippen LogP contribution in [0.15, 0.2) is 47.8 Å². The second-order valence-corrected chi connectivity index (χ2v) is 8.66. The zero-order valence-corrected chi connectivity index (χ0v) is 17.5. The summed E-state index contributed by atoms with van der Waals surface area (Å²) in [7, 11) is 0. The summed E-state index contributed by atoms with van der Waals surface area (Å²) in [6.45, 7) is 8.07. The molecule has 0 radical (unpaired) electrons. The highest BCUT2D eigenvalue weighted by Crippen LogP contribution is 2.15. The first-order chi connectivity index (χ1) is 13.5. The van der Waals surface area contributed by atoms with Crippen molar-refractivity contribution in [3.05, 3.63) is 58.3 Å². The Hall–Kier alpha value is -2.18. The number of rotatable bonds is 7. The van der Waals surface area contributed by atoms with E-state index in [1.165, 1.54) is 4.88 Å². The number of hydrogen-bond donors (Lipinski definition) is 1. The summed E-state index contributed by atoms with van der Waals surface area (Å²) in [5.74, 6) is -0.0156. The van der Waals surface area contributed by atoms with Crippen LogP contribution in [-0.2, 0) is 22.6 Å². The van der Waals surface area contributed by atoms with Crippen molar-refractivity contribution in [1.82, 2.24) is 15.1 Å². The maximum Gasteiger partial charge on any atom is 0.245 e. The first-order valence-electron chi connectivity index (χ1n) is 9.89. The van der Waals surface area contributed by atoms with E-state index in [0.29, 0.717) is 19.5 Å². The van der Waals surface area contributed by atoms with Gasteiger partial charge < -0.3 is 10.2 Å². The van der Waals surface area contributed by atoms with Crippen LogP contribution in [0.5, 0.6) is 0 Å². The number of carbonyl (C=O) groups excluding carboxylic acids is 2. The van der Waals surface area contributed by atoms with Crippen molar-refractivity contribution < 1.29 is 9.59 Å². The van der Waals surface area contributed by atoms with Gasteiger partial charge in [-0.15, -0.1) is 11.3 Å². The lowest BCUT2D eigenvalue weighted by Gasteiger charge is -2.37. The molecule has 28 heavy (non-hydrogen) atoms. The predicted octanol–water partition coefficient (Wildman–Crippen LogP) is 2.78. The van der Waals surface area contributed by atoms with Gasteiger partial charge in [0.05, 0.1) is 6.42 Å². The van der Waals surface area contributed by atoms with Gasteiger partial charge in [-0.05, 0) is 22.9 Å². The molecule has 1 aromatic carbocycles. The summed E-state index contributed by atoms with van der Waals surface area (Å²) in [5, 5.41) is 5.07. The average Bonchev–Trinajstić information content (AvgIpc) is 3.20. The van der Waals surface area contributed by atoms with E-state index in [1.54, 1.807) is 11.3 Å². The van der Waals surface area contributed by atoms with E-state index in [0.717, 1.165) is 25.2 Å². The molecule has 2 heterocycles. The monoisotopic (exact) mass is 399 g/mol. The van der Waals surface area contributed by atoms with Gasteiger partial charge in [-0.2, -0.15) is 0 Å². The normalized spacial score (nSPS) is 16.2. The van der Waals surface area contributed by atoms with Gasteiger partial charge in [0.2, 0.25) is 11.8 Å². The van der Waals surface area contributed by atoms with Gasteiger partial charge in [-0.1, -0.05) is 50.2 Å². The molecule has 3 rings (SSSR count). The minimum Gasteiger partial charge on any atom is -0.344 e. The lowest BCUT2D eigenvalue weighted by atomic mass is 10.0. The third-order valence-corrected chi connectivity index (χ3v) is 5.96. The second-order valence-electron chi connectivity index (χ2n) is 7.63. The Morgan fingerprint density at radius 2 is 1.75 bits per heavy atom. The van der Waals surface area contributed by atoms with Crippen molar-refractivity contribution in [3.63, 3.8) is 0 Å². The number of thiophene rings is 1. The summed E-state index contributed by atoms with van der Waals surface area (Å²) in [6.07, 6.45) is 0.298. The molecule has 1 saturated heterocycles. The highest BCUT2D eigenvalue weighted by Gasteiger charge is 2.30. The van der Waals surface area contributed by atoms with Crippen molar-refractivity contribution in [3.8, 4) is 0 Å². The van der Waals surface area contributed by atoms with E-state index in [1.807, 2.05) is 49.1 Å². The van der Waals surface area contributed by atoms with Gasteiger partial charge in [0, 0.05) is 37.6 Å². The van der Waals surface area contributed by atoms with Crippen LogP contribution < -0.4 is 5.32 Å². The highest BCUT2D eigenvalue weighted by molar-refractivity contribution is 7.09. The second kappa shape index (κ2) is 9.85. The van der Waals surface area contributed by atoms with Crippen LogP contribution >= 0.6 is 11.3 Å². The smallest absolute Gasteiger partial charge is 0.245 e. The summed E-state index contributed by atoms with van der Waals surface area (Å²) in [5.41, 5.74) is 0.956. The fraction of sp³-hybridized carbons (Fsp3) is 0.455. The van der Waals surface area contributed by atoms with Crippen LogP contribution in [0.25, 0.3) is 0 Å². The molecule has 1 aromatic heterocycles. The maximum atomic E-state index is 13.0. The minimum absolute atomic E-state index is 0.0344. The minimum atomic E-state index is -0.472. The number of nitrogens with one attached hydrogen (secondary N) is 1. The topological polar surface area (TPSA) is 52.7 Å².